The monoisotopic (exact) mass is 272 g/mol. The van der Waals surface area contributed by atoms with Crippen LogP contribution in [-0.2, 0) is 11.2 Å². The van der Waals surface area contributed by atoms with E-state index in [1.54, 1.807) is 13.2 Å². The number of phenols is 1. The normalized spacial score (nSPS) is 18.6. The minimum Gasteiger partial charge on any atom is -0.508 e. The van der Waals surface area contributed by atoms with Crippen LogP contribution in [0.2, 0.25) is 0 Å². The van der Waals surface area contributed by atoms with Crippen LogP contribution in [0.15, 0.2) is 42.0 Å². The molecule has 0 spiro atoms. The zero-order chi connectivity index (χ0) is 14.7. The summed E-state index contributed by atoms with van der Waals surface area (Å²) in [5.41, 5.74) is 2.65. The first-order valence-electron chi connectivity index (χ1n) is 6.74. The number of carbonyl (C=O) groups excluding carboxylic acids is 1. The van der Waals surface area contributed by atoms with Gasteiger partial charge in [-0.25, -0.2) is 0 Å². The number of benzene rings is 1. The first-order chi connectivity index (χ1) is 9.51. The summed E-state index contributed by atoms with van der Waals surface area (Å²) in [7, 11) is 1.57. The molecule has 0 saturated heterocycles. The molecular weight excluding hydrogens is 252 g/mol. The van der Waals surface area contributed by atoms with Crippen LogP contribution in [0.1, 0.15) is 25.3 Å². The second kappa shape index (κ2) is 5.95. The van der Waals surface area contributed by atoms with E-state index in [4.69, 9.17) is 4.74 Å². The topological polar surface area (TPSA) is 46.5 Å². The van der Waals surface area contributed by atoms with Crippen LogP contribution in [0.5, 0.6) is 11.5 Å². The molecule has 106 valence electrons. The Hall–Kier alpha value is -2.03. The van der Waals surface area contributed by atoms with Crippen molar-refractivity contribution in [1.29, 1.82) is 0 Å². The molecule has 0 saturated carbocycles. The number of aromatic hydroxyl groups is 1. The Bertz CT molecular complexity index is 570. The van der Waals surface area contributed by atoms with E-state index in [1.165, 1.54) is 0 Å². The Labute approximate surface area is 119 Å². The molecule has 1 atom stereocenters. The van der Waals surface area contributed by atoms with Gasteiger partial charge in [-0.15, -0.1) is 0 Å². The van der Waals surface area contributed by atoms with Gasteiger partial charge in [0.05, 0.1) is 7.11 Å². The molecule has 0 aromatic heterocycles. The van der Waals surface area contributed by atoms with Crippen molar-refractivity contribution in [2.24, 2.45) is 5.92 Å². The van der Waals surface area contributed by atoms with Crippen molar-refractivity contribution in [2.45, 2.75) is 26.2 Å². The van der Waals surface area contributed by atoms with Gasteiger partial charge in [-0.3, -0.25) is 4.79 Å². The molecule has 1 aromatic carbocycles. The Morgan fingerprint density at radius 2 is 2.25 bits per heavy atom. The van der Waals surface area contributed by atoms with Gasteiger partial charge in [0.15, 0.2) is 5.78 Å². The number of hydrogen-bond donors (Lipinski definition) is 1. The highest BCUT2D eigenvalue weighted by molar-refractivity contribution is 5.95. The third kappa shape index (κ3) is 3.10. The summed E-state index contributed by atoms with van der Waals surface area (Å²) in [6, 6.07) is 5.25. The summed E-state index contributed by atoms with van der Waals surface area (Å²) in [5, 5.41) is 9.96. The highest BCUT2D eigenvalue weighted by Crippen LogP contribution is 2.31. The van der Waals surface area contributed by atoms with E-state index in [0.29, 0.717) is 18.6 Å². The zero-order valence-electron chi connectivity index (χ0n) is 12.0. The van der Waals surface area contributed by atoms with Gasteiger partial charge in [0.1, 0.15) is 11.5 Å². The van der Waals surface area contributed by atoms with Crippen LogP contribution in [0.25, 0.3) is 0 Å². The van der Waals surface area contributed by atoms with Gasteiger partial charge >= 0.3 is 0 Å². The molecule has 0 unspecified atom stereocenters. The Morgan fingerprint density at radius 3 is 2.85 bits per heavy atom. The first kappa shape index (κ1) is 14.4. The standard InChI is InChI=1S/C17H20O3/c1-11-4-5-13(9-16(11)18)12(2)8-14-6-7-15(20-3)10-17(14)19/h4,6-7,10,13,19H,2,5,8-9H2,1,3H3/t13-/m1/s1. The minimum absolute atomic E-state index is 0.174. The highest BCUT2D eigenvalue weighted by atomic mass is 16.5. The molecule has 1 N–H and O–H groups in total. The number of rotatable bonds is 4. The molecule has 3 nitrogen and oxygen atoms in total. The van der Waals surface area contributed by atoms with Crippen LogP contribution in [0.4, 0.5) is 0 Å². The third-order valence-corrected chi connectivity index (χ3v) is 3.87. The molecule has 20 heavy (non-hydrogen) atoms. The molecule has 1 aromatic rings. The van der Waals surface area contributed by atoms with Crippen LogP contribution >= 0.6 is 0 Å². The number of allylic oxidation sites excluding steroid dienone is 3. The second-order valence-corrected chi connectivity index (χ2v) is 5.28. The average molecular weight is 272 g/mol. The number of methoxy groups -OCH3 is 1. The van der Waals surface area contributed by atoms with E-state index >= 15 is 0 Å². The summed E-state index contributed by atoms with van der Waals surface area (Å²) in [4.78, 5) is 11.7. The third-order valence-electron chi connectivity index (χ3n) is 3.87. The van der Waals surface area contributed by atoms with Crippen molar-refractivity contribution < 1.29 is 14.6 Å². The van der Waals surface area contributed by atoms with Crippen molar-refractivity contribution in [2.75, 3.05) is 7.11 Å². The summed E-state index contributed by atoms with van der Waals surface area (Å²) in [5.74, 6) is 1.21. The first-order valence-corrected chi connectivity index (χ1v) is 6.74. The van der Waals surface area contributed by atoms with E-state index < -0.39 is 0 Å². The predicted octanol–water partition coefficient (Wildman–Crippen LogP) is 3.42. The molecule has 2 rings (SSSR count). The Balaban J connectivity index is 2.07. The number of ketones is 1. The summed E-state index contributed by atoms with van der Waals surface area (Å²) >= 11 is 0. The maximum Gasteiger partial charge on any atom is 0.158 e. The maximum atomic E-state index is 11.7. The van der Waals surface area contributed by atoms with Crippen LogP contribution < -0.4 is 4.74 Å². The van der Waals surface area contributed by atoms with E-state index in [-0.39, 0.29) is 17.5 Å². The molecule has 1 aliphatic rings. The molecule has 3 heteroatoms. The smallest absolute Gasteiger partial charge is 0.158 e. The molecule has 0 heterocycles. The van der Waals surface area contributed by atoms with Crippen molar-refractivity contribution in [1.82, 2.24) is 0 Å². The molecule has 0 amide bonds. The SMILES string of the molecule is C=C(Cc1ccc(OC)cc1O)[C@@H]1CC=C(C)C(=O)C1. The Kier molecular flexibility index (Phi) is 4.28. The lowest BCUT2D eigenvalue weighted by Crippen LogP contribution is -2.16. The van der Waals surface area contributed by atoms with Gasteiger partial charge < -0.3 is 9.84 Å². The average Bonchev–Trinajstić information content (AvgIpc) is 2.43. The van der Waals surface area contributed by atoms with E-state index in [2.05, 4.69) is 6.58 Å². The quantitative estimate of drug-likeness (QED) is 0.854. The molecular formula is C17H20O3. The van der Waals surface area contributed by atoms with Crippen molar-refractivity contribution >= 4 is 5.78 Å². The summed E-state index contributed by atoms with van der Waals surface area (Å²) < 4.78 is 5.06. The lowest BCUT2D eigenvalue weighted by Gasteiger charge is -2.22. The summed E-state index contributed by atoms with van der Waals surface area (Å²) in [6.45, 7) is 5.95. The molecule has 0 radical (unpaired) electrons. The van der Waals surface area contributed by atoms with E-state index in [9.17, 15) is 9.90 Å². The van der Waals surface area contributed by atoms with Crippen LogP contribution in [0.3, 0.4) is 0 Å². The number of carbonyl (C=O) groups is 1. The minimum atomic E-state index is 0.174. The fourth-order valence-electron chi connectivity index (χ4n) is 2.42. The number of phenolic OH excluding ortho intramolecular Hbond substituents is 1. The Morgan fingerprint density at radius 1 is 1.50 bits per heavy atom. The fourth-order valence-corrected chi connectivity index (χ4v) is 2.42. The van der Waals surface area contributed by atoms with Gasteiger partial charge in [-0.05, 0) is 42.9 Å². The van der Waals surface area contributed by atoms with Gasteiger partial charge in [-0.2, -0.15) is 0 Å². The van der Waals surface area contributed by atoms with Gasteiger partial charge in [0, 0.05) is 12.5 Å². The zero-order valence-corrected chi connectivity index (χ0v) is 12.0. The fraction of sp³-hybridized carbons (Fsp3) is 0.353. The van der Waals surface area contributed by atoms with Crippen molar-refractivity contribution in [3.63, 3.8) is 0 Å². The summed E-state index contributed by atoms with van der Waals surface area (Å²) in [6.07, 6.45) is 3.95. The number of hydrogen-bond acceptors (Lipinski definition) is 3. The molecule has 0 aliphatic heterocycles. The van der Waals surface area contributed by atoms with Gasteiger partial charge in [0.25, 0.3) is 0 Å². The molecule has 0 fully saturated rings. The van der Waals surface area contributed by atoms with E-state index in [1.807, 2.05) is 25.1 Å². The lowest BCUT2D eigenvalue weighted by atomic mass is 9.82. The lowest BCUT2D eigenvalue weighted by molar-refractivity contribution is -0.116. The largest absolute Gasteiger partial charge is 0.508 e. The van der Waals surface area contributed by atoms with Gasteiger partial charge in [0.2, 0.25) is 0 Å². The van der Waals surface area contributed by atoms with Gasteiger partial charge in [-0.1, -0.05) is 24.3 Å². The predicted molar refractivity (Wildman–Crippen MR) is 79.0 cm³/mol. The highest BCUT2D eigenvalue weighted by Gasteiger charge is 2.22. The van der Waals surface area contributed by atoms with Crippen molar-refractivity contribution in [3.05, 3.63) is 47.6 Å². The van der Waals surface area contributed by atoms with Crippen LogP contribution in [0, 0.1) is 5.92 Å². The van der Waals surface area contributed by atoms with E-state index in [0.717, 1.165) is 23.1 Å². The molecule has 1 aliphatic carbocycles. The van der Waals surface area contributed by atoms with Crippen LogP contribution in [-0.4, -0.2) is 18.0 Å². The maximum absolute atomic E-state index is 11.7. The number of Topliss-reactive ketones (excluding diaryl/α,β-unsaturated/α-hetero) is 1. The molecule has 0 bridgehead atoms. The number of ether oxygens (including phenoxy) is 1. The second-order valence-electron chi connectivity index (χ2n) is 5.28. The van der Waals surface area contributed by atoms with Crippen molar-refractivity contribution in [3.8, 4) is 11.5 Å².